The lowest BCUT2D eigenvalue weighted by molar-refractivity contribution is -0.142. The number of rotatable bonds is 3. The highest BCUT2D eigenvalue weighted by molar-refractivity contribution is 7.07. The van der Waals surface area contributed by atoms with Crippen molar-refractivity contribution in [1.82, 2.24) is 4.90 Å². The summed E-state index contributed by atoms with van der Waals surface area (Å²) in [5.74, 6) is -0.583. The first-order valence-corrected chi connectivity index (χ1v) is 6.07. The Hall–Kier alpha value is -0.870. The van der Waals surface area contributed by atoms with Crippen molar-refractivity contribution in [2.45, 2.75) is 13.5 Å². The standard InChI is InChI=1S/C11H15NO2S/c1-8-4-12(6-10(8)11(13)14)5-9-2-3-15-7-9/h2-3,7-8,10H,4-6H2,1H3,(H,13,14). The molecule has 0 aliphatic carbocycles. The molecule has 0 spiro atoms. The third-order valence-corrected chi connectivity index (χ3v) is 3.72. The average Bonchev–Trinajstić information content (AvgIpc) is 2.75. The zero-order valence-corrected chi connectivity index (χ0v) is 9.54. The largest absolute Gasteiger partial charge is 0.481 e. The van der Waals surface area contributed by atoms with E-state index in [0.717, 1.165) is 13.1 Å². The topological polar surface area (TPSA) is 40.5 Å². The van der Waals surface area contributed by atoms with E-state index in [1.807, 2.05) is 6.92 Å². The Bertz CT molecular complexity index is 336. The van der Waals surface area contributed by atoms with Gasteiger partial charge in [-0.3, -0.25) is 9.69 Å². The van der Waals surface area contributed by atoms with Crippen LogP contribution in [0.3, 0.4) is 0 Å². The molecule has 15 heavy (non-hydrogen) atoms. The van der Waals surface area contributed by atoms with Gasteiger partial charge in [-0.1, -0.05) is 6.92 Å². The van der Waals surface area contributed by atoms with Crippen LogP contribution in [0.4, 0.5) is 0 Å². The highest BCUT2D eigenvalue weighted by Gasteiger charge is 2.34. The fourth-order valence-corrected chi connectivity index (χ4v) is 2.82. The molecule has 1 aromatic rings. The van der Waals surface area contributed by atoms with Gasteiger partial charge in [0.2, 0.25) is 0 Å². The van der Waals surface area contributed by atoms with Gasteiger partial charge in [0, 0.05) is 19.6 Å². The molecule has 4 heteroatoms. The zero-order chi connectivity index (χ0) is 10.8. The number of hydrogen-bond donors (Lipinski definition) is 1. The SMILES string of the molecule is CC1CN(Cc2ccsc2)CC1C(=O)O. The summed E-state index contributed by atoms with van der Waals surface area (Å²) >= 11 is 1.69. The predicted molar refractivity (Wildman–Crippen MR) is 59.9 cm³/mol. The van der Waals surface area contributed by atoms with Crippen LogP contribution in [-0.4, -0.2) is 29.1 Å². The van der Waals surface area contributed by atoms with Gasteiger partial charge in [-0.25, -0.2) is 0 Å². The van der Waals surface area contributed by atoms with Crippen LogP contribution in [0.5, 0.6) is 0 Å². The second-order valence-corrected chi connectivity index (χ2v) is 5.03. The molecular weight excluding hydrogens is 210 g/mol. The van der Waals surface area contributed by atoms with Gasteiger partial charge >= 0.3 is 5.97 Å². The molecule has 2 atom stereocenters. The molecule has 3 nitrogen and oxygen atoms in total. The number of carboxylic acid groups (broad SMARTS) is 1. The number of thiophene rings is 1. The minimum absolute atomic E-state index is 0.191. The first-order valence-electron chi connectivity index (χ1n) is 5.13. The molecule has 0 bridgehead atoms. The fourth-order valence-electron chi connectivity index (χ4n) is 2.16. The number of hydrogen-bond acceptors (Lipinski definition) is 3. The number of carboxylic acids is 1. The molecule has 82 valence electrons. The summed E-state index contributed by atoms with van der Waals surface area (Å²) in [7, 11) is 0. The van der Waals surface area contributed by atoms with Gasteiger partial charge in [-0.05, 0) is 28.3 Å². The van der Waals surface area contributed by atoms with Crippen LogP contribution < -0.4 is 0 Å². The van der Waals surface area contributed by atoms with Crippen LogP contribution in [0.15, 0.2) is 16.8 Å². The molecule has 2 heterocycles. The Morgan fingerprint density at radius 2 is 2.47 bits per heavy atom. The first-order chi connectivity index (χ1) is 7.16. The molecule has 0 radical (unpaired) electrons. The lowest BCUT2D eigenvalue weighted by Gasteiger charge is -2.13. The van der Waals surface area contributed by atoms with Crippen molar-refractivity contribution in [1.29, 1.82) is 0 Å². The summed E-state index contributed by atoms with van der Waals surface area (Å²) < 4.78 is 0. The molecule has 1 saturated heterocycles. The van der Waals surface area contributed by atoms with Gasteiger partial charge in [0.25, 0.3) is 0 Å². The van der Waals surface area contributed by atoms with Crippen molar-refractivity contribution in [2.75, 3.05) is 13.1 Å². The zero-order valence-electron chi connectivity index (χ0n) is 8.72. The minimum Gasteiger partial charge on any atom is -0.481 e. The molecule has 1 aliphatic rings. The lowest BCUT2D eigenvalue weighted by Crippen LogP contribution is -2.22. The molecule has 0 amide bonds. The number of likely N-dealkylation sites (tertiary alicyclic amines) is 1. The Morgan fingerprint density at radius 3 is 3.00 bits per heavy atom. The summed E-state index contributed by atoms with van der Waals surface area (Å²) in [4.78, 5) is 13.2. The molecule has 1 aromatic heterocycles. The van der Waals surface area contributed by atoms with Crippen LogP contribution >= 0.6 is 11.3 Å². The molecule has 0 saturated carbocycles. The Labute approximate surface area is 93.3 Å². The Morgan fingerprint density at radius 1 is 1.67 bits per heavy atom. The van der Waals surface area contributed by atoms with E-state index in [-0.39, 0.29) is 11.8 Å². The fraction of sp³-hybridized carbons (Fsp3) is 0.545. The Kier molecular flexibility index (Phi) is 3.07. The van der Waals surface area contributed by atoms with Crippen LogP contribution in [0.2, 0.25) is 0 Å². The number of carbonyl (C=O) groups is 1. The molecule has 1 N–H and O–H groups in total. The van der Waals surface area contributed by atoms with Gasteiger partial charge < -0.3 is 5.11 Å². The van der Waals surface area contributed by atoms with E-state index >= 15 is 0 Å². The van der Waals surface area contributed by atoms with Crippen molar-refractivity contribution in [3.63, 3.8) is 0 Å². The monoisotopic (exact) mass is 225 g/mol. The first kappa shape index (κ1) is 10.6. The summed E-state index contributed by atoms with van der Waals surface area (Å²) in [5, 5.41) is 13.2. The second kappa shape index (κ2) is 4.33. The number of nitrogens with zero attached hydrogens (tertiary/aromatic N) is 1. The van der Waals surface area contributed by atoms with Crippen LogP contribution in [0.1, 0.15) is 12.5 Å². The smallest absolute Gasteiger partial charge is 0.308 e. The third kappa shape index (κ3) is 2.38. The van der Waals surface area contributed by atoms with E-state index in [2.05, 4.69) is 21.7 Å². The average molecular weight is 225 g/mol. The highest BCUT2D eigenvalue weighted by atomic mass is 32.1. The normalized spacial score (nSPS) is 27.0. The minimum atomic E-state index is -0.657. The molecule has 2 unspecified atom stereocenters. The van der Waals surface area contributed by atoms with Crippen LogP contribution in [0, 0.1) is 11.8 Å². The summed E-state index contributed by atoms with van der Waals surface area (Å²) in [6.07, 6.45) is 0. The molecular formula is C11H15NO2S. The van der Waals surface area contributed by atoms with Gasteiger partial charge in [0.15, 0.2) is 0 Å². The van der Waals surface area contributed by atoms with E-state index in [0.29, 0.717) is 6.54 Å². The van der Waals surface area contributed by atoms with E-state index in [1.54, 1.807) is 11.3 Å². The molecule has 1 fully saturated rings. The maximum atomic E-state index is 10.9. The molecule has 1 aliphatic heterocycles. The van der Waals surface area contributed by atoms with E-state index in [4.69, 9.17) is 5.11 Å². The molecule has 2 rings (SSSR count). The maximum absolute atomic E-state index is 10.9. The van der Waals surface area contributed by atoms with Crippen LogP contribution in [-0.2, 0) is 11.3 Å². The van der Waals surface area contributed by atoms with Crippen molar-refractivity contribution in [3.05, 3.63) is 22.4 Å². The highest BCUT2D eigenvalue weighted by Crippen LogP contribution is 2.24. The van der Waals surface area contributed by atoms with Gasteiger partial charge in [0.05, 0.1) is 5.92 Å². The maximum Gasteiger partial charge on any atom is 0.308 e. The summed E-state index contributed by atoms with van der Waals surface area (Å²) in [5.41, 5.74) is 1.29. The molecule has 0 aromatic carbocycles. The Balaban J connectivity index is 1.94. The second-order valence-electron chi connectivity index (χ2n) is 4.25. The van der Waals surface area contributed by atoms with E-state index < -0.39 is 5.97 Å². The third-order valence-electron chi connectivity index (χ3n) is 2.99. The van der Waals surface area contributed by atoms with E-state index in [1.165, 1.54) is 5.56 Å². The lowest BCUT2D eigenvalue weighted by atomic mass is 9.99. The predicted octanol–water partition coefficient (Wildman–Crippen LogP) is 1.90. The van der Waals surface area contributed by atoms with E-state index in [9.17, 15) is 4.79 Å². The van der Waals surface area contributed by atoms with Crippen molar-refractivity contribution < 1.29 is 9.90 Å². The van der Waals surface area contributed by atoms with Crippen molar-refractivity contribution in [3.8, 4) is 0 Å². The number of aliphatic carboxylic acids is 1. The van der Waals surface area contributed by atoms with Crippen LogP contribution in [0.25, 0.3) is 0 Å². The summed E-state index contributed by atoms with van der Waals surface area (Å²) in [6.45, 7) is 4.49. The van der Waals surface area contributed by atoms with Gasteiger partial charge in [-0.2, -0.15) is 11.3 Å². The summed E-state index contributed by atoms with van der Waals surface area (Å²) in [6, 6.07) is 2.10. The van der Waals surface area contributed by atoms with Crippen molar-refractivity contribution >= 4 is 17.3 Å². The quantitative estimate of drug-likeness (QED) is 0.854. The van der Waals surface area contributed by atoms with Gasteiger partial charge in [0.1, 0.15) is 0 Å². The van der Waals surface area contributed by atoms with Crippen molar-refractivity contribution in [2.24, 2.45) is 11.8 Å². The van der Waals surface area contributed by atoms with Gasteiger partial charge in [-0.15, -0.1) is 0 Å².